The Morgan fingerprint density at radius 3 is 2.45 bits per heavy atom. The van der Waals surface area contributed by atoms with Gasteiger partial charge in [-0.15, -0.1) is 0 Å². The van der Waals surface area contributed by atoms with Gasteiger partial charge in [0.05, 0.1) is 19.3 Å². The molecule has 0 bridgehead atoms. The van der Waals surface area contributed by atoms with Crippen LogP contribution in [0.3, 0.4) is 0 Å². The molecule has 0 unspecified atom stereocenters. The summed E-state index contributed by atoms with van der Waals surface area (Å²) in [5.41, 5.74) is 0.951. The molecule has 1 aliphatic heterocycles. The first kappa shape index (κ1) is 15.4. The van der Waals surface area contributed by atoms with E-state index in [1.165, 1.54) is 0 Å². The molecule has 0 spiro atoms. The van der Waals surface area contributed by atoms with Crippen LogP contribution in [-0.2, 0) is 9.47 Å². The van der Waals surface area contributed by atoms with E-state index in [1.807, 2.05) is 30.3 Å². The topological polar surface area (TPSA) is 50.7 Å². The SMILES string of the molecule is CC(C)[C@H](NCCC1OCCO1)[C@H](O)c1ccccc1. The molecule has 2 rings (SSSR count). The van der Waals surface area contributed by atoms with Gasteiger partial charge in [0.2, 0.25) is 0 Å². The van der Waals surface area contributed by atoms with Crippen molar-refractivity contribution in [1.29, 1.82) is 0 Å². The molecule has 1 saturated heterocycles. The highest BCUT2D eigenvalue weighted by Crippen LogP contribution is 2.21. The Kier molecular flexibility index (Phi) is 5.98. The number of rotatable bonds is 7. The number of hydrogen-bond acceptors (Lipinski definition) is 4. The van der Waals surface area contributed by atoms with Crippen molar-refractivity contribution in [2.75, 3.05) is 19.8 Å². The third-order valence-corrected chi connectivity index (χ3v) is 3.65. The molecule has 2 atom stereocenters. The Morgan fingerprint density at radius 2 is 1.85 bits per heavy atom. The summed E-state index contributed by atoms with van der Waals surface area (Å²) in [6.07, 6.45) is 0.218. The van der Waals surface area contributed by atoms with Crippen LogP contribution < -0.4 is 5.32 Å². The number of aliphatic hydroxyl groups is 1. The summed E-state index contributed by atoms with van der Waals surface area (Å²) in [6.45, 7) is 6.38. The van der Waals surface area contributed by atoms with E-state index in [9.17, 15) is 5.11 Å². The Labute approximate surface area is 121 Å². The Hall–Kier alpha value is -0.940. The molecule has 0 radical (unpaired) electrons. The van der Waals surface area contributed by atoms with Gasteiger partial charge in [0, 0.05) is 19.0 Å². The first-order valence-electron chi connectivity index (χ1n) is 7.38. The van der Waals surface area contributed by atoms with Gasteiger partial charge in [0.15, 0.2) is 6.29 Å². The fraction of sp³-hybridized carbons (Fsp3) is 0.625. The van der Waals surface area contributed by atoms with Crippen molar-refractivity contribution in [3.63, 3.8) is 0 Å². The van der Waals surface area contributed by atoms with Gasteiger partial charge in [0.25, 0.3) is 0 Å². The fourth-order valence-electron chi connectivity index (χ4n) is 2.51. The zero-order valence-electron chi connectivity index (χ0n) is 12.3. The Morgan fingerprint density at radius 1 is 1.20 bits per heavy atom. The highest BCUT2D eigenvalue weighted by molar-refractivity contribution is 5.19. The van der Waals surface area contributed by atoms with Crippen LogP contribution in [0.15, 0.2) is 30.3 Å². The molecule has 0 amide bonds. The Bertz CT molecular complexity index is 377. The lowest BCUT2D eigenvalue weighted by molar-refractivity contribution is -0.0473. The van der Waals surface area contributed by atoms with Crippen molar-refractivity contribution < 1.29 is 14.6 Å². The minimum atomic E-state index is -0.499. The van der Waals surface area contributed by atoms with Gasteiger partial charge in [-0.3, -0.25) is 0 Å². The third kappa shape index (κ3) is 4.28. The number of nitrogens with one attached hydrogen (secondary N) is 1. The zero-order chi connectivity index (χ0) is 14.4. The van der Waals surface area contributed by atoms with Crippen molar-refractivity contribution >= 4 is 0 Å². The van der Waals surface area contributed by atoms with E-state index < -0.39 is 6.10 Å². The van der Waals surface area contributed by atoms with Crippen molar-refractivity contribution in [3.05, 3.63) is 35.9 Å². The molecule has 4 nitrogen and oxygen atoms in total. The summed E-state index contributed by atoms with van der Waals surface area (Å²) < 4.78 is 10.8. The lowest BCUT2D eigenvalue weighted by atomic mass is 9.93. The maximum absolute atomic E-state index is 10.5. The summed E-state index contributed by atoms with van der Waals surface area (Å²) in [4.78, 5) is 0. The molecule has 4 heteroatoms. The number of benzene rings is 1. The van der Waals surface area contributed by atoms with E-state index in [-0.39, 0.29) is 12.3 Å². The van der Waals surface area contributed by atoms with Gasteiger partial charge >= 0.3 is 0 Å². The van der Waals surface area contributed by atoms with Gasteiger partial charge < -0.3 is 19.9 Å². The maximum atomic E-state index is 10.5. The first-order valence-corrected chi connectivity index (χ1v) is 7.38. The number of ether oxygens (including phenoxy) is 2. The first-order chi connectivity index (χ1) is 9.68. The Balaban J connectivity index is 1.86. The van der Waals surface area contributed by atoms with Gasteiger partial charge in [-0.1, -0.05) is 44.2 Å². The molecule has 112 valence electrons. The minimum Gasteiger partial charge on any atom is -0.387 e. The summed E-state index contributed by atoms with van der Waals surface area (Å²) in [5.74, 6) is 0.343. The normalized spacial score (nSPS) is 19.4. The largest absolute Gasteiger partial charge is 0.387 e. The monoisotopic (exact) mass is 279 g/mol. The second-order valence-electron chi connectivity index (χ2n) is 5.54. The average molecular weight is 279 g/mol. The third-order valence-electron chi connectivity index (χ3n) is 3.65. The second kappa shape index (κ2) is 7.74. The molecular weight excluding hydrogens is 254 g/mol. The van der Waals surface area contributed by atoms with E-state index in [4.69, 9.17) is 9.47 Å². The van der Waals surface area contributed by atoms with E-state index in [0.717, 1.165) is 18.5 Å². The van der Waals surface area contributed by atoms with Crippen LogP contribution in [0.5, 0.6) is 0 Å². The molecule has 1 heterocycles. The highest BCUT2D eigenvalue weighted by atomic mass is 16.7. The molecule has 2 N–H and O–H groups in total. The molecule has 1 aliphatic rings. The van der Waals surface area contributed by atoms with Crippen molar-refractivity contribution in [1.82, 2.24) is 5.32 Å². The molecule has 1 fully saturated rings. The summed E-state index contributed by atoms with van der Waals surface area (Å²) in [6, 6.07) is 9.82. The predicted molar refractivity (Wildman–Crippen MR) is 78.3 cm³/mol. The molecule has 20 heavy (non-hydrogen) atoms. The van der Waals surface area contributed by atoms with Crippen molar-refractivity contribution in [2.24, 2.45) is 5.92 Å². The second-order valence-corrected chi connectivity index (χ2v) is 5.54. The predicted octanol–water partition coefficient (Wildman–Crippen LogP) is 2.10. The van der Waals surface area contributed by atoms with Gasteiger partial charge in [-0.2, -0.15) is 0 Å². The quantitative estimate of drug-likeness (QED) is 0.802. The summed E-state index contributed by atoms with van der Waals surface area (Å²) in [5, 5.41) is 14.0. The van der Waals surface area contributed by atoms with Gasteiger partial charge in [-0.25, -0.2) is 0 Å². The van der Waals surface area contributed by atoms with Crippen molar-refractivity contribution in [2.45, 2.75) is 38.7 Å². The zero-order valence-corrected chi connectivity index (χ0v) is 12.3. The van der Waals surface area contributed by atoms with E-state index in [0.29, 0.717) is 19.1 Å². The minimum absolute atomic E-state index is 0.0267. The number of aliphatic hydroxyl groups excluding tert-OH is 1. The smallest absolute Gasteiger partial charge is 0.159 e. The van der Waals surface area contributed by atoms with E-state index >= 15 is 0 Å². The summed E-state index contributed by atoms with van der Waals surface area (Å²) >= 11 is 0. The highest BCUT2D eigenvalue weighted by Gasteiger charge is 2.24. The molecule has 1 aromatic carbocycles. The molecule has 0 saturated carbocycles. The fourth-order valence-corrected chi connectivity index (χ4v) is 2.51. The van der Waals surface area contributed by atoms with Crippen molar-refractivity contribution in [3.8, 4) is 0 Å². The standard InChI is InChI=1S/C16H25NO3/c1-12(2)15(16(18)13-6-4-3-5-7-13)17-9-8-14-19-10-11-20-14/h3-7,12,14-18H,8-11H2,1-2H3/t15-,16+/m0/s1. The lowest BCUT2D eigenvalue weighted by Gasteiger charge is -2.28. The van der Waals surface area contributed by atoms with Gasteiger partial charge in [0.1, 0.15) is 0 Å². The van der Waals surface area contributed by atoms with E-state index in [2.05, 4.69) is 19.2 Å². The molecular formula is C16H25NO3. The van der Waals surface area contributed by atoms with Crippen LogP contribution >= 0.6 is 0 Å². The van der Waals surface area contributed by atoms with Crippen LogP contribution in [0, 0.1) is 5.92 Å². The van der Waals surface area contributed by atoms with Crippen LogP contribution in [-0.4, -0.2) is 37.2 Å². The van der Waals surface area contributed by atoms with Crippen LogP contribution in [0.4, 0.5) is 0 Å². The lowest BCUT2D eigenvalue weighted by Crippen LogP contribution is -2.40. The average Bonchev–Trinajstić information content (AvgIpc) is 2.97. The summed E-state index contributed by atoms with van der Waals surface area (Å²) in [7, 11) is 0. The van der Waals surface area contributed by atoms with Crippen LogP contribution in [0.1, 0.15) is 31.9 Å². The van der Waals surface area contributed by atoms with Crippen LogP contribution in [0.2, 0.25) is 0 Å². The van der Waals surface area contributed by atoms with Gasteiger partial charge in [-0.05, 0) is 11.5 Å². The number of hydrogen-bond donors (Lipinski definition) is 2. The molecule has 1 aromatic rings. The molecule has 0 aliphatic carbocycles. The van der Waals surface area contributed by atoms with E-state index in [1.54, 1.807) is 0 Å². The molecule has 0 aromatic heterocycles. The van der Waals surface area contributed by atoms with Crippen LogP contribution in [0.25, 0.3) is 0 Å². The maximum Gasteiger partial charge on any atom is 0.159 e.